The van der Waals surface area contributed by atoms with Crippen molar-refractivity contribution in [3.05, 3.63) is 28.1 Å². The molecule has 1 heterocycles. The lowest BCUT2D eigenvalue weighted by Gasteiger charge is -2.27. The van der Waals surface area contributed by atoms with E-state index in [2.05, 4.69) is 0 Å². The number of halogens is 1. The van der Waals surface area contributed by atoms with Gasteiger partial charge in [-0.1, -0.05) is 24.4 Å². The number of hydrogen-bond acceptors (Lipinski definition) is 3. The lowest BCUT2D eigenvalue weighted by Crippen LogP contribution is -2.38. The van der Waals surface area contributed by atoms with Crippen molar-refractivity contribution >= 4 is 44.6 Å². The van der Waals surface area contributed by atoms with Crippen LogP contribution in [-0.2, 0) is 0 Å². The van der Waals surface area contributed by atoms with Crippen molar-refractivity contribution in [1.82, 2.24) is 4.90 Å². The summed E-state index contributed by atoms with van der Waals surface area (Å²) >= 11 is 7.47. The Morgan fingerprint density at radius 2 is 2.14 bits per heavy atom. The highest BCUT2D eigenvalue weighted by molar-refractivity contribution is 7.21. The number of hydrogen-bond donors (Lipinski definition) is 1. The van der Waals surface area contributed by atoms with E-state index < -0.39 is 0 Å². The van der Waals surface area contributed by atoms with E-state index in [-0.39, 0.29) is 5.91 Å². The van der Waals surface area contributed by atoms with Crippen LogP contribution in [0.25, 0.3) is 10.1 Å². The average molecular weight is 323 g/mol. The Hall–Kier alpha value is -1.26. The molecule has 0 unspecified atom stereocenters. The van der Waals surface area contributed by atoms with Gasteiger partial charge in [0, 0.05) is 27.7 Å². The molecule has 2 aromatic rings. The number of benzene rings is 1. The van der Waals surface area contributed by atoms with Gasteiger partial charge in [-0.05, 0) is 38.0 Å². The number of rotatable bonds is 3. The van der Waals surface area contributed by atoms with E-state index in [0.717, 1.165) is 29.5 Å². The molecule has 112 valence electrons. The predicted octanol–water partition coefficient (Wildman–Crippen LogP) is 4.54. The molecule has 1 aliphatic carbocycles. The summed E-state index contributed by atoms with van der Waals surface area (Å²) in [5, 5.41) is 1.60. The minimum Gasteiger partial charge on any atom is -0.397 e. The topological polar surface area (TPSA) is 46.3 Å². The van der Waals surface area contributed by atoms with E-state index in [0.29, 0.717) is 21.6 Å². The van der Waals surface area contributed by atoms with Crippen LogP contribution in [0.15, 0.2) is 18.2 Å². The molecule has 0 aliphatic heterocycles. The molecule has 0 saturated heterocycles. The Balaban J connectivity index is 1.98. The SMILES string of the molecule is CCN(C(=O)c1sc2cc(Cl)ccc2c1N)C1CCCC1. The molecule has 1 amide bonds. The quantitative estimate of drug-likeness (QED) is 0.901. The summed E-state index contributed by atoms with van der Waals surface area (Å²) in [6, 6.07) is 5.96. The molecule has 2 N–H and O–H groups in total. The summed E-state index contributed by atoms with van der Waals surface area (Å²) in [6.07, 6.45) is 4.64. The largest absolute Gasteiger partial charge is 0.397 e. The van der Waals surface area contributed by atoms with Gasteiger partial charge in [-0.25, -0.2) is 0 Å². The summed E-state index contributed by atoms with van der Waals surface area (Å²) < 4.78 is 0.978. The van der Waals surface area contributed by atoms with E-state index in [4.69, 9.17) is 17.3 Å². The molecule has 1 saturated carbocycles. The molecule has 5 heteroatoms. The zero-order valence-electron chi connectivity index (χ0n) is 12.1. The summed E-state index contributed by atoms with van der Waals surface area (Å²) in [5.74, 6) is 0.0687. The molecule has 3 rings (SSSR count). The minimum absolute atomic E-state index is 0.0687. The van der Waals surface area contributed by atoms with Gasteiger partial charge in [0.1, 0.15) is 4.88 Å². The molecular weight excluding hydrogens is 304 g/mol. The van der Waals surface area contributed by atoms with Crippen molar-refractivity contribution in [3.8, 4) is 0 Å². The van der Waals surface area contributed by atoms with Crippen LogP contribution in [-0.4, -0.2) is 23.4 Å². The standard InChI is InChI=1S/C16H19ClN2OS/c1-2-19(11-5-3-4-6-11)16(20)15-14(18)12-8-7-10(17)9-13(12)21-15/h7-9,11H,2-6,18H2,1H3. The molecule has 0 spiro atoms. The molecule has 1 aliphatic rings. The Morgan fingerprint density at radius 3 is 2.81 bits per heavy atom. The lowest BCUT2D eigenvalue weighted by molar-refractivity contribution is 0.0699. The predicted molar refractivity (Wildman–Crippen MR) is 90.2 cm³/mol. The maximum atomic E-state index is 12.9. The number of anilines is 1. The first kappa shape index (κ1) is 14.7. The third-order valence-corrected chi connectivity index (χ3v) is 5.64. The van der Waals surface area contributed by atoms with Crippen molar-refractivity contribution in [2.45, 2.75) is 38.6 Å². The van der Waals surface area contributed by atoms with Gasteiger partial charge in [0.15, 0.2) is 0 Å². The third kappa shape index (κ3) is 2.62. The third-order valence-electron chi connectivity index (χ3n) is 4.25. The van der Waals surface area contributed by atoms with Crippen LogP contribution >= 0.6 is 22.9 Å². The highest BCUT2D eigenvalue weighted by Gasteiger charge is 2.28. The number of carbonyl (C=O) groups excluding carboxylic acids is 1. The molecule has 3 nitrogen and oxygen atoms in total. The van der Waals surface area contributed by atoms with Gasteiger partial charge in [0.2, 0.25) is 0 Å². The molecule has 1 fully saturated rings. The Kier molecular flexibility index (Phi) is 4.09. The fraction of sp³-hybridized carbons (Fsp3) is 0.438. The highest BCUT2D eigenvalue weighted by atomic mass is 35.5. The van der Waals surface area contributed by atoms with Crippen LogP contribution in [0.4, 0.5) is 5.69 Å². The second-order valence-electron chi connectivity index (χ2n) is 5.51. The van der Waals surface area contributed by atoms with E-state index >= 15 is 0 Å². The maximum absolute atomic E-state index is 12.9. The van der Waals surface area contributed by atoms with Gasteiger partial charge in [-0.15, -0.1) is 11.3 Å². The number of carbonyl (C=O) groups is 1. The second kappa shape index (κ2) is 5.85. The maximum Gasteiger partial charge on any atom is 0.266 e. The molecule has 21 heavy (non-hydrogen) atoms. The number of nitrogen functional groups attached to an aromatic ring is 1. The van der Waals surface area contributed by atoms with Crippen LogP contribution in [0.1, 0.15) is 42.3 Å². The lowest BCUT2D eigenvalue weighted by atomic mass is 10.1. The molecule has 1 aromatic heterocycles. The summed E-state index contributed by atoms with van der Waals surface area (Å²) in [7, 11) is 0. The van der Waals surface area contributed by atoms with E-state index in [1.165, 1.54) is 24.2 Å². The van der Waals surface area contributed by atoms with Gasteiger partial charge < -0.3 is 10.6 Å². The van der Waals surface area contributed by atoms with Gasteiger partial charge in [0.05, 0.1) is 5.69 Å². The molecule has 0 radical (unpaired) electrons. The summed E-state index contributed by atoms with van der Waals surface area (Å²) in [5.41, 5.74) is 6.79. The van der Waals surface area contributed by atoms with Crippen LogP contribution in [0.3, 0.4) is 0 Å². The number of amides is 1. The number of nitrogens with zero attached hydrogens (tertiary/aromatic N) is 1. The van der Waals surface area contributed by atoms with Crippen LogP contribution in [0.5, 0.6) is 0 Å². The monoisotopic (exact) mass is 322 g/mol. The fourth-order valence-corrected chi connectivity index (χ4v) is 4.52. The van der Waals surface area contributed by atoms with Crippen molar-refractivity contribution < 1.29 is 4.79 Å². The van der Waals surface area contributed by atoms with E-state index in [1.807, 2.05) is 30.0 Å². The minimum atomic E-state index is 0.0687. The molecule has 0 bridgehead atoms. The van der Waals surface area contributed by atoms with Crippen molar-refractivity contribution in [1.29, 1.82) is 0 Å². The Labute approximate surface area is 133 Å². The summed E-state index contributed by atoms with van der Waals surface area (Å²) in [6.45, 7) is 2.77. The van der Waals surface area contributed by atoms with Crippen LogP contribution < -0.4 is 5.73 Å². The smallest absolute Gasteiger partial charge is 0.266 e. The Bertz CT molecular complexity index is 676. The van der Waals surface area contributed by atoms with Gasteiger partial charge in [-0.2, -0.15) is 0 Å². The fourth-order valence-electron chi connectivity index (χ4n) is 3.16. The first-order chi connectivity index (χ1) is 10.1. The zero-order chi connectivity index (χ0) is 15.0. The number of fused-ring (bicyclic) bond motifs is 1. The summed E-state index contributed by atoms with van der Waals surface area (Å²) in [4.78, 5) is 15.5. The Morgan fingerprint density at radius 1 is 1.43 bits per heavy atom. The average Bonchev–Trinajstić information content (AvgIpc) is 3.08. The van der Waals surface area contributed by atoms with Crippen molar-refractivity contribution in [2.75, 3.05) is 12.3 Å². The first-order valence-corrected chi connectivity index (χ1v) is 8.59. The molecular formula is C16H19ClN2OS. The molecule has 1 aromatic carbocycles. The van der Waals surface area contributed by atoms with E-state index in [9.17, 15) is 4.79 Å². The van der Waals surface area contributed by atoms with Gasteiger partial charge >= 0.3 is 0 Å². The van der Waals surface area contributed by atoms with Crippen molar-refractivity contribution in [3.63, 3.8) is 0 Å². The first-order valence-electron chi connectivity index (χ1n) is 7.40. The van der Waals surface area contributed by atoms with Crippen LogP contribution in [0, 0.1) is 0 Å². The van der Waals surface area contributed by atoms with Gasteiger partial charge in [0.25, 0.3) is 5.91 Å². The normalized spacial score (nSPS) is 15.7. The zero-order valence-corrected chi connectivity index (χ0v) is 13.6. The highest BCUT2D eigenvalue weighted by Crippen LogP contribution is 2.37. The van der Waals surface area contributed by atoms with Crippen LogP contribution in [0.2, 0.25) is 5.02 Å². The van der Waals surface area contributed by atoms with Gasteiger partial charge in [-0.3, -0.25) is 4.79 Å². The van der Waals surface area contributed by atoms with Crippen molar-refractivity contribution in [2.24, 2.45) is 0 Å². The van der Waals surface area contributed by atoms with E-state index in [1.54, 1.807) is 0 Å². The second-order valence-corrected chi connectivity index (χ2v) is 7.00. The molecule has 0 atom stereocenters. The number of nitrogens with two attached hydrogens (primary N) is 1. The number of thiophene rings is 1.